The molecule has 1 fully saturated rings. The first-order valence-electron chi connectivity index (χ1n) is 13.8. The normalized spacial score (nSPS) is 19.8. The van der Waals surface area contributed by atoms with Gasteiger partial charge >= 0.3 is 0 Å². The van der Waals surface area contributed by atoms with Crippen molar-refractivity contribution in [3.8, 4) is 11.3 Å². The van der Waals surface area contributed by atoms with Crippen LogP contribution < -0.4 is 5.32 Å². The van der Waals surface area contributed by atoms with Gasteiger partial charge in [0.1, 0.15) is 0 Å². The molecule has 0 bridgehead atoms. The Labute approximate surface area is 234 Å². The Morgan fingerprint density at radius 3 is 2.64 bits per heavy atom. The van der Waals surface area contributed by atoms with Gasteiger partial charge in [0.25, 0.3) is 0 Å². The molecule has 1 saturated heterocycles. The number of piperidine rings is 1. The lowest BCUT2D eigenvalue weighted by Gasteiger charge is -2.47. The van der Waals surface area contributed by atoms with E-state index >= 15 is 0 Å². The number of pyridine rings is 1. The molecule has 1 aromatic heterocycles. The molecule has 1 atom stereocenters. The van der Waals surface area contributed by atoms with E-state index in [0.29, 0.717) is 30.7 Å². The molecule has 1 aromatic carbocycles. The van der Waals surface area contributed by atoms with Crippen LogP contribution in [0.1, 0.15) is 63.3 Å². The fraction of sp³-hybridized carbons (Fsp3) is 0.424. The van der Waals surface area contributed by atoms with Crippen LogP contribution in [-0.2, 0) is 0 Å². The number of rotatable bonds is 11. The van der Waals surface area contributed by atoms with Crippen LogP contribution >= 0.6 is 0 Å². The highest BCUT2D eigenvalue weighted by Crippen LogP contribution is 2.39. The Hall–Kier alpha value is -3.35. The fourth-order valence-electron chi connectivity index (χ4n) is 5.17. The number of aromatic nitrogens is 1. The summed E-state index contributed by atoms with van der Waals surface area (Å²) < 4.78 is 0. The van der Waals surface area contributed by atoms with Gasteiger partial charge in [-0.15, -0.1) is 0 Å². The monoisotopic (exact) mass is 527 g/mol. The van der Waals surface area contributed by atoms with E-state index in [9.17, 15) is 5.11 Å². The molecular weight excluding hydrogens is 482 g/mol. The van der Waals surface area contributed by atoms with Gasteiger partial charge < -0.3 is 20.7 Å². The summed E-state index contributed by atoms with van der Waals surface area (Å²) in [5.41, 5.74) is 5.67. The van der Waals surface area contributed by atoms with Crippen LogP contribution in [0.25, 0.3) is 22.4 Å². The number of nitrogens with zero attached hydrogens (tertiary/aromatic N) is 3. The second-order valence-corrected chi connectivity index (χ2v) is 11.2. The molecule has 0 spiro atoms. The molecule has 3 N–H and O–H groups in total. The van der Waals surface area contributed by atoms with Crippen molar-refractivity contribution in [2.24, 2.45) is 10.4 Å². The van der Waals surface area contributed by atoms with Gasteiger partial charge in [-0.3, -0.25) is 4.99 Å². The molecule has 1 unspecified atom stereocenters. The van der Waals surface area contributed by atoms with Gasteiger partial charge in [-0.25, -0.2) is 4.98 Å². The van der Waals surface area contributed by atoms with Crippen molar-refractivity contribution in [1.82, 2.24) is 15.2 Å². The van der Waals surface area contributed by atoms with E-state index < -0.39 is 5.60 Å². The second kappa shape index (κ2) is 13.1. The van der Waals surface area contributed by atoms with Crippen LogP contribution in [0.3, 0.4) is 0 Å². The Morgan fingerprint density at radius 1 is 1.23 bits per heavy atom. The van der Waals surface area contributed by atoms with E-state index in [4.69, 9.17) is 10.4 Å². The minimum absolute atomic E-state index is 0.269. The highest BCUT2D eigenvalue weighted by atomic mass is 16.3. The summed E-state index contributed by atoms with van der Waals surface area (Å²) in [5.74, 6) is 0. The standard InChI is InChI=1S/C33H45N5O/c1-8-11-27(21-35-5)28-14-15-30(26-13-10-12-25(20-26)24(9-2)22-38(6)7)37-31(28)29(34)16-17-33(39)18-19-36-23-32(33,3)4/h9-15,20-22,34,36,39H,2,8,16-19,23H2,1,3-7H3/b24-22+,27-11+,34-29?,35-21?. The average molecular weight is 528 g/mol. The topological polar surface area (TPSA) is 84.6 Å². The first-order valence-corrected chi connectivity index (χ1v) is 13.8. The van der Waals surface area contributed by atoms with Crippen molar-refractivity contribution in [3.63, 3.8) is 0 Å². The highest BCUT2D eigenvalue weighted by Gasteiger charge is 2.44. The van der Waals surface area contributed by atoms with Gasteiger partial charge in [0, 0.05) is 56.6 Å². The molecule has 6 heteroatoms. The Kier molecular flexibility index (Phi) is 10.2. The molecule has 39 heavy (non-hydrogen) atoms. The number of allylic oxidation sites excluding steroid dienone is 4. The van der Waals surface area contributed by atoms with Gasteiger partial charge in [0.2, 0.25) is 0 Å². The lowest BCUT2D eigenvalue weighted by molar-refractivity contribution is -0.0919. The van der Waals surface area contributed by atoms with E-state index in [2.05, 4.69) is 61.9 Å². The van der Waals surface area contributed by atoms with Crippen molar-refractivity contribution in [2.45, 2.75) is 52.1 Å². The van der Waals surface area contributed by atoms with E-state index in [1.807, 2.05) is 55.7 Å². The van der Waals surface area contributed by atoms with E-state index in [1.54, 1.807) is 7.05 Å². The minimum atomic E-state index is -0.830. The van der Waals surface area contributed by atoms with Gasteiger partial charge in [0.15, 0.2) is 0 Å². The van der Waals surface area contributed by atoms with Crippen LogP contribution in [0.15, 0.2) is 66.3 Å². The van der Waals surface area contributed by atoms with Crippen LogP contribution in [0.2, 0.25) is 0 Å². The Bertz CT molecular complexity index is 1270. The molecule has 2 heterocycles. The van der Waals surface area contributed by atoms with Crippen LogP contribution in [0.5, 0.6) is 0 Å². The third kappa shape index (κ3) is 7.20. The quantitative estimate of drug-likeness (QED) is 0.239. The minimum Gasteiger partial charge on any atom is -0.389 e. The zero-order valence-corrected chi connectivity index (χ0v) is 24.5. The smallest absolute Gasteiger partial charge is 0.0923 e. The van der Waals surface area contributed by atoms with E-state index in [0.717, 1.165) is 53.0 Å². The average Bonchev–Trinajstić information content (AvgIpc) is 2.91. The van der Waals surface area contributed by atoms with Crippen molar-refractivity contribution in [1.29, 1.82) is 5.41 Å². The predicted molar refractivity (Wildman–Crippen MR) is 166 cm³/mol. The maximum absolute atomic E-state index is 11.5. The van der Waals surface area contributed by atoms with Crippen molar-refractivity contribution < 1.29 is 5.11 Å². The van der Waals surface area contributed by atoms with Gasteiger partial charge in [-0.2, -0.15) is 0 Å². The Balaban J connectivity index is 2.05. The molecule has 0 aliphatic carbocycles. The summed E-state index contributed by atoms with van der Waals surface area (Å²) in [5, 5.41) is 24.1. The summed E-state index contributed by atoms with van der Waals surface area (Å²) in [6.45, 7) is 11.8. The third-order valence-electron chi connectivity index (χ3n) is 7.62. The third-order valence-corrected chi connectivity index (χ3v) is 7.62. The number of hydrogen-bond donors (Lipinski definition) is 3. The van der Waals surface area contributed by atoms with E-state index in [1.165, 1.54) is 0 Å². The first-order chi connectivity index (χ1) is 18.5. The molecule has 208 valence electrons. The zero-order valence-electron chi connectivity index (χ0n) is 24.5. The van der Waals surface area contributed by atoms with Gasteiger partial charge in [-0.1, -0.05) is 57.7 Å². The molecule has 3 rings (SSSR count). The number of benzene rings is 1. The molecule has 6 nitrogen and oxygen atoms in total. The molecular formula is C33H45N5O. The van der Waals surface area contributed by atoms with Gasteiger partial charge in [0.05, 0.1) is 22.7 Å². The summed E-state index contributed by atoms with van der Waals surface area (Å²) in [6.07, 6.45) is 10.3. The summed E-state index contributed by atoms with van der Waals surface area (Å²) in [4.78, 5) is 11.3. The molecule has 0 radical (unpaired) electrons. The van der Waals surface area contributed by atoms with Gasteiger partial charge in [-0.05, 0) is 67.1 Å². The number of hydrogen-bond acceptors (Lipinski definition) is 6. The first kappa shape index (κ1) is 30.2. The molecule has 0 amide bonds. The summed E-state index contributed by atoms with van der Waals surface area (Å²) >= 11 is 0. The largest absolute Gasteiger partial charge is 0.389 e. The lowest BCUT2D eigenvalue weighted by atomic mass is 9.68. The molecule has 2 aromatic rings. The van der Waals surface area contributed by atoms with Crippen molar-refractivity contribution in [2.75, 3.05) is 34.2 Å². The number of nitrogens with one attached hydrogen (secondary N) is 2. The summed E-state index contributed by atoms with van der Waals surface area (Å²) in [6, 6.07) is 12.3. The number of aliphatic imine (C=N–C) groups is 1. The SMILES string of the molecule is C=C/C(=C\N(C)C)c1cccc(-c2ccc(/C(C=NC)=C/CC)c(C(=N)CCC3(O)CCNCC3(C)C)n2)c1. The Morgan fingerprint density at radius 2 is 2.00 bits per heavy atom. The zero-order chi connectivity index (χ0) is 28.6. The maximum atomic E-state index is 11.5. The van der Waals surface area contributed by atoms with Crippen LogP contribution in [0.4, 0.5) is 0 Å². The second-order valence-electron chi connectivity index (χ2n) is 11.2. The van der Waals surface area contributed by atoms with Crippen LogP contribution in [0, 0.1) is 10.8 Å². The van der Waals surface area contributed by atoms with Crippen molar-refractivity contribution >= 4 is 23.1 Å². The van der Waals surface area contributed by atoms with Crippen molar-refractivity contribution in [3.05, 3.63) is 78.1 Å². The summed E-state index contributed by atoms with van der Waals surface area (Å²) in [7, 11) is 5.75. The van der Waals surface area contributed by atoms with Crippen LogP contribution in [-0.4, -0.2) is 66.8 Å². The lowest BCUT2D eigenvalue weighted by Crippen LogP contribution is -2.56. The molecule has 1 aliphatic heterocycles. The number of aliphatic hydroxyl groups is 1. The van der Waals surface area contributed by atoms with E-state index in [-0.39, 0.29) is 5.41 Å². The maximum Gasteiger partial charge on any atom is 0.0923 e. The predicted octanol–water partition coefficient (Wildman–Crippen LogP) is 6.23. The fourth-order valence-corrected chi connectivity index (χ4v) is 5.17. The molecule has 1 aliphatic rings. The molecule has 0 saturated carbocycles. The highest BCUT2D eigenvalue weighted by molar-refractivity contribution is 6.14.